The lowest BCUT2D eigenvalue weighted by Gasteiger charge is -2.11. The normalized spacial score (nSPS) is 10.8. The maximum absolute atomic E-state index is 13.7. The molecule has 0 aliphatic rings. The van der Waals surface area contributed by atoms with Crippen molar-refractivity contribution in [2.45, 2.75) is 13.5 Å². The summed E-state index contributed by atoms with van der Waals surface area (Å²) in [7, 11) is 1.57. The van der Waals surface area contributed by atoms with Crippen molar-refractivity contribution in [3.8, 4) is 11.5 Å². The minimum atomic E-state index is -0.415. The third-order valence-electron chi connectivity index (χ3n) is 4.25. The fraction of sp³-hybridized carbons (Fsp3) is 0.125. The van der Waals surface area contributed by atoms with Gasteiger partial charge in [0.2, 0.25) is 0 Å². The number of carbonyl (C=O) groups is 1. The second kappa shape index (κ2) is 9.00. The molecule has 0 radical (unpaired) electrons. The topological polar surface area (TPSA) is 35.5 Å². The quantitative estimate of drug-likeness (QED) is 0.397. The number of rotatable bonds is 7. The van der Waals surface area contributed by atoms with Crippen LogP contribution in [0.4, 0.5) is 4.39 Å². The van der Waals surface area contributed by atoms with E-state index in [4.69, 9.17) is 9.47 Å². The van der Waals surface area contributed by atoms with Crippen LogP contribution in [0, 0.1) is 12.7 Å². The molecule has 0 fully saturated rings. The molecule has 0 unspecified atom stereocenters. The minimum Gasteiger partial charge on any atom is -0.496 e. The molecule has 0 aromatic heterocycles. The predicted octanol–water partition coefficient (Wildman–Crippen LogP) is 5.62. The Morgan fingerprint density at radius 3 is 2.57 bits per heavy atom. The van der Waals surface area contributed by atoms with Gasteiger partial charge in [0.05, 0.1) is 7.11 Å². The highest BCUT2D eigenvalue weighted by Crippen LogP contribution is 2.24. The summed E-state index contributed by atoms with van der Waals surface area (Å²) in [6.07, 6.45) is 3.29. The molecule has 0 spiro atoms. The summed E-state index contributed by atoms with van der Waals surface area (Å²) in [5.74, 6) is 0.337. The molecule has 4 heteroatoms. The number of benzene rings is 3. The minimum absolute atomic E-state index is 0.0660. The van der Waals surface area contributed by atoms with Crippen LogP contribution in [-0.4, -0.2) is 12.9 Å². The Kier molecular flexibility index (Phi) is 6.22. The molecule has 0 aliphatic carbocycles. The molecule has 3 aromatic rings. The van der Waals surface area contributed by atoms with Crippen molar-refractivity contribution in [3.63, 3.8) is 0 Å². The summed E-state index contributed by atoms with van der Waals surface area (Å²) >= 11 is 0. The van der Waals surface area contributed by atoms with E-state index >= 15 is 0 Å². The number of ketones is 1. The first kappa shape index (κ1) is 19.4. The smallest absolute Gasteiger partial charge is 0.185 e. The average Bonchev–Trinajstić information content (AvgIpc) is 2.71. The molecule has 0 saturated heterocycles. The van der Waals surface area contributed by atoms with E-state index in [-0.39, 0.29) is 18.1 Å². The van der Waals surface area contributed by atoms with E-state index in [0.717, 1.165) is 16.7 Å². The zero-order chi connectivity index (χ0) is 19.9. The second-order valence-electron chi connectivity index (χ2n) is 6.36. The van der Waals surface area contributed by atoms with E-state index in [1.54, 1.807) is 43.5 Å². The predicted molar refractivity (Wildman–Crippen MR) is 108 cm³/mol. The fourth-order valence-corrected chi connectivity index (χ4v) is 2.80. The van der Waals surface area contributed by atoms with Gasteiger partial charge in [0, 0.05) is 11.1 Å². The molecular formula is C24H21FO3. The lowest BCUT2D eigenvalue weighted by Crippen LogP contribution is -2.00. The van der Waals surface area contributed by atoms with Gasteiger partial charge in [-0.05, 0) is 48.9 Å². The molecule has 0 atom stereocenters. The van der Waals surface area contributed by atoms with Crippen LogP contribution in [0.5, 0.6) is 11.5 Å². The second-order valence-corrected chi connectivity index (χ2v) is 6.36. The third-order valence-corrected chi connectivity index (χ3v) is 4.25. The van der Waals surface area contributed by atoms with Crippen LogP contribution in [0.15, 0.2) is 72.8 Å². The van der Waals surface area contributed by atoms with E-state index in [0.29, 0.717) is 11.3 Å². The Morgan fingerprint density at radius 1 is 1.00 bits per heavy atom. The Balaban J connectivity index is 1.76. The van der Waals surface area contributed by atoms with Crippen LogP contribution in [0.25, 0.3) is 6.08 Å². The van der Waals surface area contributed by atoms with Gasteiger partial charge in [-0.15, -0.1) is 0 Å². The number of ether oxygens (including phenoxy) is 2. The monoisotopic (exact) mass is 376 g/mol. The number of allylic oxidation sites excluding steroid dienone is 1. The van der Waals surface area contributed by atoms with Crippen molar-refractivity contribution >= 4 is 11.9 Å². The van der Waals surface area contributed by atoms with Gasteiger partial charge in [0.25, 0.3) is 0 Å². The summed E-state index contributed by atoms with van der Waals surface area (Å²) in [5.41, 5.74) is 3.27. The van der Waals surface area contributed by atoms with Crippen molar-refractivity contribution in [1.82, 2.24) is 0 Å². The lowest BCUT2D eigenvalue weighted by molar-refractivity contribution is 0.104. The maximum atomic E-state index is 13.7. The first-order valence-electron chi connectivity index (χ1n) is 8.90. The SMILES string of the molecule is COc1ccc(/C=C/C(=O)c2cccc(C)c2)cc1COc1ccccc1F. The van der Waals surface area contributed by atoms with Crippen LogP contribution < -0.4 is 9.47 Å². The molecular weight excluding hydrogens is 355 g/mol. The van der Waals surface area contributed by atoms with Crippen molar-refractivity contribution < 1.29 is 18.7 Å². The van der Waals surface area contributed by atoms with Crippen LogP contribution in [0.3, 0.4) is 0 Å². The van der Waals surface area contributed by atoms with Gasteiger partial charge in [0.15, 0.2) is 17.3 Å². The molecule has 3 rings (SSSR count). The van der Waals surface area contributed by atoms with Crippen LogP contribution in [-0.2, 0) is 6.61 Å². The number of halogens is 1. The number of methoxy groups -OCH3 is 1. The van der Waals surface area contributed by atoms with Crippen molar-refractivity contribution in [3.05, 3.63) is 101 Å². The molecule has 3 aromatic carbocycles. The number of carbonyl (C=O) groups excluding carboxylic acids is 1. The largest absolute Gasteiger partial charge is 0.496 e. The number of para-hydroxylation sites is 1. The average molecular weight is 376 g/mol. The van der Waals surface area contributed by atoms with Crippen molar-refractivity contribution in [2.75, 3.05) is 7.11 Å². The molecule has 0 aliphatic heterocycles. The highest BCUT2D eigenvalue weighted by molar-refractivity contribution is 6.06. The molecule has 28 heavy (non-hydrogen) atoms. The van der Waals surface area contributed by atoms with Gasteiger partial charge in [-0.2, -0.15) is 0 Å². The first-order valence-corrected chi connectivity index (χ1v) is 8.90. The molecule has 0 heterocycles. The Labute approximate surface area is 164 Å². The van der Waals surface area contributed by atoms with Crippen molar-refractivity contribution in [1.29, 1.82) is 0 Å². The lowest BCUT2D eigenvalue weighted by atomic mass is 10.1. The third kappa shape index (κ3) is 4.86. The maximum Gasteiger partial charge on any atom is 0.185 e. The molecule has 3 nitrogen and oxygen atoms in total. The van der Waals surface area contributed by atoms with E-state index in [9.17, 15) is 9.18 Å². The number of hydrogen-bond donors (Lipinski definition) is 0. The van der Waals surface area contributed by atoms with Gasteiger partial charge in [-0.25, -0.2) is 4.39 Å². The first-order chi connectivity index (χ1) is 13.6. The van der Waals surface area contributed by atoms with E-state index in [2.05, 4.69) is 0 Å². The molecule has 0 bridgehead atoms. The van der Waals surface area contributed by atoms with E-state index < -0.39 is 5.82 Å². The van der Waals surface area contributed by atoms with Gasteiger partial charge in [0.1, 0.15) is 12.4 Å². The van der Waals surface area contributed by atoms with Crippen LogP contribution in [0.1, 0.15) is 27.0 Å². The zero-order valence-corrected chi connectivity index (χ0v) is 15.8. The summed E-state index contributed by atoms with van der Waals surface area (Å²) in [6, 6.07) is 19.2. The molecule has 142 valence electrons. The van der Waals surface area contributed by atoms with E-state index in [1.165, 1.54) is 12.1 Å². The van der Waals surface area contributed by atoms with E-state index in [1.807, 2.05) is 37.3 Å². The highest BCUT2D eigenvalue weighted by Gasteiger charge is 2.08. The van der Waals surface area contributed by atoms with Crippen LogP contribution >= 0.6 is 0 Å². The number of hydrogen-bond acceptors (Lipinski definition) is 3. The number of aryl methyl sites for hydroxylation is 1. The Hall–Kier alpha value is -3.40. The molecule has 0 amide bonds. The zero-order valence-electron chi connectivity index (χ0n) is 15.8. The van der Waals surface area contributed by atoms with Gasteiger partial charge in [-0.3, -0.25) is 4.79 Å². The molecule has 0 saturated carbocycles. The summed E-state index contributed by atoms with van der Waals surface area (Å²) < 4.78 is 24.7. The Bertz CT molecular complexity index is 1010. The van der Waals surface area contributed by atoms with Gasteiger partial charge < -0.3 is 9.47 Å². The van der Waals surface area contributed by atoms with Crippen LogP contribution in [0.2, 0.25) is 0 Å². The highest BCUT2D eigenvalue weighted by atomic mass is 19.1. The Morgan fingerprint density at radius 2 is 1.82 bits per heavy atom. The molecule has 0 N–H and O–H groups in total. The van der Waals surface area contributed by atoms with Gasteiger partial charge in [-0.1, -0.05) is 48.0 Å². The fourth-order valence-electron chi connectivity index (χ4n) is 2.80. The standard InChI is InChI=1S/C24H21FO3/c1-17-6-5-7-19(14-17)22(26)12-10-18-11-13-23(27-2)20(15-18)16-28-24-9-4-3-8-21(24)25/h3-15H,16H2,1-2H3/b12-10+. The van der Waals surface area contributed by atoms with Gasteiger partial charge >= 0.3 is 0 Å². The van der Waals surface area contributed by atoms with Crippen molar-refractivity contribution in [2.24, 2.45) is 0 Å². The summed E-state index contributed by atoms with van der Waals surface area (Å²) in [5, 5.41) is 0. The summed E-state index contributed by atoms with van der Waals surface area (Å²) in [4.78, 5) is 12.3. The summed E-state index contributed by atoms with van der Waals surface area (Å²) in [6.45, 7) is 2.10.